The summed E-state index contributed by atoms with van der Waals surface area (Å²) in [5.74, 6) is 0. The zero-order valence-corrected chi connectivity index (χ0v) is 13.9. The highest BCUT2D eigenvalue weighted by atomic mass is 35.5. The number of aromatic nitrogens is 1. The van der Waals surface area contributed by atoms with Crippen LogP contribution in [0.25, 0.3) is 0 Å². The van der Waals surface area contributed by atoms with Gasteiger partial charge in [0.1, 0.15) is 0 Å². The predicted octanol–water partition coefficient (Wildman–Crippen LogP) is 5.04. The summed E-state index contributed by atoms with van der Waals surface area (Å²) in [4.78, 5) is 5.60. The Labute approximate surface area is 134 Å². The van der Waals surface area contributed by atoms with Crippen LogP contribution in [0.1, 0.15) is 35.5 Å². The van der Waals surface area contributed by atoms with E-state index in [1.807, 2.05) is 30.6 Å². The average molecular weight is 329 g/mol. The van der Waals surface area contributed by atoms with E-state index < -0.39 is 0 Å². The van der Waals surface area contributed by atoms with Crippen molar-refractivity contribution in [3.8, 4) is 0 Å². The molecule has 0 amide bonds. The number of aryl methyl sites for hydroxylation is 1. The molecule has 0 bridgehead atoms. The second-order valence-corrected chi connectivity index (χ2v) is 6.41. The molecule has 0 radical (unpaired) electrons. The Bertz CT molecular complexity index is 549. The molecule has 0 aliphatic rings. The van der Waals surface area contributed by atoms with Gasteiger partial charge in [-0.05, 0) is 44.0 Å². The highest BCUT2D eigenvalue weighted by Gasteiger charge is 2.18. The topological polar surface area (TPSA) is 24.9 Å². The number of halogens is 2. The Balaban J connectivity index is 2.26. The lowest BCUT2D eigenvalue weighted by molar-refractivity contribution is 0.534. The molecule has 1 N–H and O–H groups in total. The van der Waals surface area contributed by atoms with Gasteiger partial charge in [0.05, 0.1) is 11.2 Å². The Morgan fingerprint density at radius 1 is 1.30 bits per heavy atom. The van der Waals surface area contributed by atoms with Crippen molar-refractivity contribution in [2.75, 3.05) is 6.54 Å². The molecule has 1 atom stereocenters. The number of thiazole rings is 1. The van der Waals surface area contributed by atoms with E-state index in [2.05, 4.69) is 17.2 Å². The first-order valence-electron chi connectivity index (χ1n) is 6.69. The fraction of sp³-hybridized carbons (Fsp3) is 0.400. The maximum atomic E-state index is 6.28. The molecule has 2 rings (SSSR count). The summed E-state index contributed by atoms with van der Waals surface area (Å²) >= 11 is 14.2. The normalized spacial score (nSPS) is 12.6. The lowest BCUT2D eigenvalue weighted by Gasteiger charge is -2.19. The van der Waals surface area contributed by atoms with Crippen molar-refractivity contribution in [3.05, 3.63) is 49.9 Å². The van der Waals surface area contributed by atoms with Gasteiger partial charge in [-0.2, -0.15) is 0 Å². The first-order chi connectivity index (χ1) is 9.63. The fourth-order valence-electron chi connectivity index (χ4n) is 2.15. The van der Waals surface area contributed by atoms with E-state index in [4.69, 9.17) is 23.2 Å². The maximum Gasteiger partial charge on any atom is 0.0798 e. The number of benzene rings is 1. The van der Waals surface area contributed by atoms with Crippen LogP contribution in [0.15, 0.2) is 23.7 Å². The van der Waals surface area contributed by atoms with Gasteiger partial charge in [-0.15, -0.1) is 11.3 Å². The van der Waals surface area contributed by atoms with Gasteiger partial charge in [0.15, 0.2) is 0 Å². The maximum absolute atomic E-state index is 6.28. The molecular formula is C15H18Cl2N2S. The van der Waals surface area contributed by atoms with Gasteiger partial charge in [-0.1, -0.05) is 36.2 Å². The number of nitrogens with zero attached hydrogens (tertiary/aromatic N) is 1. The van der Waals surface area contributed by atoms with E-state index in [1.165, 1.54) is 4.88 Å². The molecule has 0 saturated carbocycles. The van der Waals surface area contributed by atoms with Crippen molar-refractivity contribution in [2.45, 2.75) is 32.7 Å². The van der Waals surface area contributed by atoms with Crippen LogP contribution in [0, 0.1) is 6.92 Å². The molecule has 0 spiro atoms. The molecule has 20 heavy (non-hydrogen) atoms. The molecule has 2 nitrogen and oxygen atoms in total. The third-order valence-electron chi connectivity index (χ3n) is 3.21. The van der Waals surface area contributed by atoms with E-state index in [0.717, 1.165) is 40.7 Å². The van der Waals surface area contributed by atoms with Crippen molar-refractivity contribution in [3.63, 3.8) is 0 Å². The Morgan fingerprint density at radius 2 is 2.00 bits per heavy atom. The lowest BCUT2D eigenvalue weighted by Crippen LogP contribution is -2.24. The Morgan fingerprint density at radius 3 is 2.55 bits per heavy atom. The van der Waals surface area contributed by atoms with Gasteiger partial charge in [-0.25, -0.2) is 4.98 Å². The highest BCUT2D eigenvalue weighted by molar-refractivity contribution is 7.09. The second-order valence-electron chi connectivity index (χ2n) is 4.71. The molecule has 0 saturated heterocycles. The van der Waals surface area contributed by atoms with Crippen molar-refractivity contribution >= 4 is 34.5 Å². The molecule has 0 aliphatic carbocycles. The van der Waals surface area contributed by atoms with E-state index in [-0.39, 0.29) is 6.04 Å². The summed E-state index contributed by atoms with van der Waals surface area (Å²) in [5, 5.41) is 5.02. The predicted molar refractivity (Wildman–Crippen MR) is 88.1 cm³/mol. The molecule has 1 aromatic heterocycles. The Kier molecular flexibility index (Phi) is 5.85. The van der Waals surface area contributed by atoms with Crippen LogP contribution in [0.3, 0.4) is 0 Å². The lowest BCUT2D eigenvalue weighted by atomic mass is 10.0. The van der Waals surface area contributed by atoms with E-state index in [1.54, 1.807) is 11.3 Å². The summed E-state index contributed by atoms with van der Waals surface area (Å²) in [5.41, 5.74) is 3.96. The minimum Gasteiger partial charge on any atom is -0.309 e. The van der Waals surface area contributed by atoms with Crippen molar-refractivity contribution in [1.82, 2.24) is 10.3 Å². The van der Waals surface area contributed by atoms with Gasteiger partial charge in [0.25, 0.3) is 0 Å². The Hall–Kier alpha value is -0.610. The minimum atomic E-state index is 0.208. The highest BCUT2D eigenvalue weighted by Crippen LogP contribution is 2.31. The summed E-state index contributed by atoms with van der Waals surface area (Å²) in [6.07, 6.45) is 1.87. The van der Waals surface area contributed by atoms with Crippen molar-refractivity contribution in [2.24, 2.45) is 0 Å². The quantitative estimate of drug-likeness (QED) is 0.803. The van der Waals surface area contributed by atoms with Crippen molar-refractivity contribution in [1.29, 1.82) is 0 Å². The first-order valence-corrected chi connectivity index (χ1v) is 8.33. The molecular weight excluding hydrogens is 311 g/mol. The van der Waals surface area contributed by atoms with Gasteiger partial charge < -0.3 is 5.32 Å². The van der Waals surface area contributed by atoms with E-state index in [9.17, 15) is 0 Å². The van der Waals surface area contributed by atoms with Gasteiger partial charge in [-0.3, -0.25) is 0 Å². The number of hydrogen-bond acceptors (Lipinski definition) is 3. The van der Waals surface area contributed by atoms with Crippen LogP contribution in [-0.2, 0) is 6.42 Å². The summed E-state index contributed by atoms with van der Waals surface area (Å²) < 4.78 is 0. The van der Waals surface area contributed by atoms with Gasteiger partial charge >= 0.3 is 0 Å². The number of rotatable bonds is 6. The fourth-order valence-corrected chi connectivity index (χ4v) is 3.58. The second kappa shape index (κ2) is 7.41. The zero-order valence-electron chi connectivity index (χ0n) is 11.6. The molecule has 0 aliphatic heterocycles. The van der Waals surface area contributed by atoms with Crippen LogP contribution in [-0.4, -0.2) is 11.5 Å². The van der Waals surface area contributed by atoms with Crippen LogP contribution in [0.2, 0.25) is 10.0 Å². The summed E-state index contributed by atoms with van der Waals surface area (Å²) in [7, 11) is 0. The van der Waals surface area contributed by atoms with Gasteiger partial charge in [0.2, 0.25) is 0 Å². The molecule has 108 valence electrons. The monoisotopic (exact) mass is 328 g/mol. The minimum absolute atomic E-state index is 0.208. The number of nitrogens with one attached hydrogen (secondary N) is 1. The third-order valence-corrected chi connectivity index (χ3v) is 4.96. The summed E-state index contributed by atoms with van der Waals surface area (Å²) in [6, 6.07) is 5.86. The first kappa shape index (κ1) is 15.8. The average Bonchev–Trinajstić information content (AvgIpc) is 2.84. The largest absolute Gasteiger partial charge is 0.309 e. The molecule has 0 fully saturated rings. The third kappa shape index (κ3) is 3.73. The molecule has 1 aromatic carbocycles. The van der Waals surface area contributed by atoms with Crippen LogP contribution in [0.4, 0.5) is 0 Å². The SMILES string of the molecule is CCCNC(Cc1c(Cl)cccc1Cl)c1scnc1C. The zero-order chi connectivity index (χ0) is 14.5. The van der Waals surface area contributed by atoms with E-state index in [0.29, 0.717) is 0 Å². The number of hydrogen-bond donors (Lipinski definition) is 1. The van der Waals surface area contributed by atoms with Gasteiger partial charge in [0, 0.05) is 21.0 Å². The molecule has 5 heteroatoms. The van der Waals surface area contributed by atoms with Crippen LogP contribution < -0.4 is 5.32 Å². The van der Waals surface area contributed by atoms with Crippen LogP contribution in [0.5, 0.6) is 0 Å². The molecule has 1 heterocycles. The smallest absolute Gasteiger partial charge is 0.0798 e. The molecule has 2 aromatic rings. The molecule has 1 unspecified atom stereocenters. The summed E-state index contributed by atoms with van der Waals surface area (Å²) in [6.45, 7) is 5.16. The van der Waals surface area contributed by atoms with Crippen LogP contribution >= 0.6 is 34.5 Å². The standard InChI is InChI=1S/C15H18Cl2N2S/c1-3-7-18-14(15-10(2)19-9-20-15)8-11-12(16)5-4-6-13(11)17/h4-6,9,14,18H,3,7-8H2,1-2H3. The van der Waals surface area contributed by atoms with Crippen molar-refractivity contribution < 1.29 is 0 Å². The van der Waals surface area contributed by atoms with E-state index >= 15 is 0 Å².